The molecule has 0 bridgehead atoms. The van der Waals surface area contributed by atoms with Gasteiger partial charge in [-0.2, -0.15) is 0 Å². The van der Waals surface area contributed by atoms with Crippen molar-refractivity contribution in [1.29, 1.82) is 0 Å². The third-order valence-electron chi connectivity index (χ3n) is 4.04. The van der Waals surface area contributed by atoms with Crippen LogP contribution in [0.15, 0.2) is 73.1 Å². The summed E-state index contributed by atoms with van der Waals surface area (Å²) in [5, 5.41) is 2.20. The van der Waals surface area contributed by atoms with Gasteiger partial charge in [-0.05, 0) is 13.8 Å². The maximum absolute atomic E-state index is 12.4. The van der Waals surface area contributed by atoms with Gasteiger partial charge in [0.25, 0.3) is 0 Å². The van der Waals surface area contributed by atoms with E-state index in [9.17, 15) is 9.59 Å². The summed E-state index contributed by atoms with van der Waals surface area (Å²) in [6, 6.07) is 20.0. The van der Waals surface area contributed by atoms with Crippen molar-refractivity contribution in [2.24, 2.45) is 0 Å². The van der Waals surface area contributed by atoms with Crippen molar-refractivity contribution < 1.29 is 19.1 Å². The molecule has 6 heteroatoms. The lowest BCUT2D eigenvalue weighted by Gasteiger charge is -2.20. The van der Waals surface area contributed by atoms with Gasteiger partial charge in [0.15, 0.2) is 0 Å². The molecular formula is C22H22NO4P. The molecule has 2 aromatic carbocycles. The van der Waals surface area contributed by atoms with Crippen molar-refractivity contribution >= 4 is 30.6 Å². The van der Waals surface area contributed by atoms with E-state index in [0.717, 1.165) is 10.6 Å². The van der Waals surface area contributed by atoms with E-state index in [1.165, 1.54) is 0 Å². The smallest absolute Gasteiger partial charge is 0.340 e. The van der Waals surface area contributed by atoms with Crippen LogP contribution < -0.4 is 10.6 Å². The predicted octanol–water partition coefficient (Wildman–Crippen LogP) is 3.74. The van der Waals surface area contributed by atoms with E-state index in [-0.39, 0.29) is 24.3 Å². The standard InChI is InChI=1S/C22H22NO4P/c1-3-26-21(24)19-15-23(16-20(19)22(25)27-4-2)28(17-11-7-5-8-12-17)18-13-9-6-10-14-18/h5-16H,3-4H2,1-2H3. The molecule has 28 heavy (non-hydrogen) atoms. The molecule has 1 aromatic heterocycles. The molecule has 0 aliphatic carbocycles. The van der Waals surface area contributed by atoms with Crippen LogP contribution in [0.25, 0.3) is 0 Å². The van der Waals surface area contributed by atoms with Gasteiger partial charge in [-0.25, -0.2) is 9.59 Å². The highest BCUT2D eigenvalue weighted by atomic mass is 31.1. The first-order valence-corrected chi connectivity index (χ1v) is 10.4. The molecule has 0 fully saturated rings. The van der Waals surface area contributed by atoms with Crippen molar-refractivity contribution in [1.82, 2.24) is 4.34 Å². The molecule has 0 spiro atoms. The van der Waals surface area contributed by atoms with Gasteiger partial charge < -0.3 is 13.8 Å². The van der Waals surface area contributed by atoms with Crippen LogP contribution in [0.5, 0.6) is 0 Å². The van der Waals surface area contributed by atoms with E-state index in [1.807, 2.05) is 65.0 Å². The van der Waals surface area contributed by atoms with E-state index < -0.39 is 20.0 Å². The Bertz CT molecular complexity index is 863. The summed E-state index contributed by atoms with van der Waals surface area (Å²) in [4.78, 5) is 24.9. The Morgan fingerprint density at radius 1 is 0.750 bits per heavy atom. The fourth-order valence-corrected chi connectivity index (χ4v) is 5.06. The Labute approximate surface area is 165 Å². The number of ether oxygens (including phenoxy) is 2. The van der Waals surface area contributed by atoms with Crippen LogP contribution in [0, 0.1) is 0 Å². The molecule has 0 aliphatic rings. The quantitative estimate of drug-likeness (QED) is 0.452. The Morgan fingerprint density at radius 3 is 1.50 bits per heavy atom. The van der Waals surface area contributed by atoms with E-state index >= 15 is 0 Å². The number of rotatable bonds is 7. The van der Waals surface area contributed by atoms with E-state index in [2.05, 4.69) is 0 Å². The molecule has 0 saturated heterocycles. The highest BCUT2D eigenvalue weighted by Gasteiger charge is 2.26. The molecule has 0 aliphatic heterocycles. The minimum Gasteiger partial charge on any atom is -0.462 e. The number of esters is 2. The third kappa shape index (κ3) is 4.32. The first kappa shape index (κ1) is 19.8. The monoisotopic (exact) mass is 395 g/mol. The minimum absolute atomic E-state index is 0.222. The summed E-state index contributed by atoms with van der Waals surface area (Å²) in [7, 11) is -1.01. The fraction of sp³-hybridized carbons (Fsp3) is 0.182. The van der Waals surface area contributed by atoms with Crippen LogP contribution in [-0.4, -0.2) is 29.5 Å². The zero-order chi connectivity index (χ0) is 19.9. The van der Waals surface area contributed by atoms with Crippen molar-refractivity contribution in [3.8, 4) is 0 Å². The molecule has 0 atom stereocenters. The maximum Gasteiger partial charge on any atom is 0.340 e. The van der Waals surface area contributed by atoms with Gasteiger partial charge in [-0.15, -0.1) is 0 Å². The van der Waals surface area contributed by atoms with Crippen molar-refractivity contribution in [3.05, 3.63) is 84.2 Å². The molecule has 0 N–H and O–H groups in total. The average Bonchev–Trinajstić information content (AvgIpc) is 3.15. The predicted molar refractivity (Wildman–Crippen MR) is 111 cm³/mol. The Hall–Kier alpha value is -2.91. The van der Waals surface area contributed by atoms with Gasteiger partial charge in [0, 0.05) is 23.0 Å². The van der Waals surface area contributed by atoms with Crippen molar-refractivity contribution in [3.63, 3.8) is 0 Å². The van der Waals surface area contributed by atoms with E-state index in [4.69, 9.17) is 9.47 Å². The SMILES string of the molecule is CCOC(=O)c1cn(P(c2ccccc2)c2ccccc2)cc1C(=O)OCC. The Balaban J connectivity index is 2.13. The second kappa shape index (κ2) is 9.34. The number of hydrogen-bond donors (Lipinski definition) is 0. The highest BCUT2D eigenvalue weighted by Crippen LogP contribution is 2.37. The van der Waals surface area contributed by atoms with Gasteiger partial charge in [0.1, 0.15) is 0 Å². The van der Waals surface area contributed by atoms with Crippen molar-refractivity contribution in [2.75, 3.05) is 13.2 Å². The summed E-state index contributed by atoms with van der Waals surface area (Å²) in [5.74, 6) is -1.05. The van der Waals surface area contributed by atoms with Gasteiger partial charge >= 0.3 is 11.9 Å². The van der Waals surface area contributed by atoms with Crippen molar-refractivity contribution in [2.45, 2.75) is 13.8 Å². The summed E-state index contributed by atoms with van der Waals surface area (Å²) >= 11 is 0. The molecule has 3 rings (SSSR count). The van der Waals surface area contributed by atoms with Crippen LogP contribution >= 0.6 is 8.07 Å². The Morgan fingerprint density at radius 2 is 1.14 bits per heavy atom. The number of aromatic nitrogens is 1. The third-order valence-corrected chi connectivity index (χ3v) is 6.30. The average molecular weight is 395 g/mol. The zero-order valence-electron chi connectivity index (χ0n) is 15.9. The second-order valence-electron chi connectivity index (χ2n) is 5.89. The highest BCUT2D eigenvalue weighted by molar-refractivity contribution is 7.71. The molecule has 144 valence electrons. The van der Waals surface area contributed by atoms with Gasteiger partial charge in [0.2, 0.25) is 0 Å². The summed E-state index contributed by atoms with van der Waals surface area (Å²) in [5.41, 5.74) is 0.444. The van der Waals surface area contributed by atoms with E-state index in [0.29, 0.717) is 0 Å². The lowest BCUT2D eigenvalue weighted by atomic mass is 10.2. The molecule has 0 amide bonds. The number of carbonyl (C=O) groups is 2. The number of carbonyl (C=O) groups excluding carboxylic acids is 2. The number of hydrogen-bond acceptors (Lipinski definition) is 4. The van der Waals surface area contributed by atoms with Crippen LogP contribution in [0.1, 0.15) is 34.6 Å². The largest absolute Gasteiger partial charge is 0.462 e. The fourth-order valence-electron chi connectivity index (χ4n) is 2.85. The maximum atomic E-state index is 12.4. The lowest BCUT2D eigenvalue weighted by molar-refractivity contribution is 0.0480. The summed E-state index contributed by atoms with van der Waals surface area (Å²) < 4.78 is 12.2. The molecular weight excluding hydrogens is 373 g/mol. The van der Waals surface area contributed by atoms with Gasteiger partial charge in [-0.1, -0.05) is 60.7 Å². The first-order chi connectivity index (χ1) is 13.7. The molecule has 3 aromatic rings. The molecule has 0 unspecified atom stereocenters. The van der Waals surface area contributed by atoms with Crippen LogP contribution in [0.3, 0.4) is 0 Å². The van der Waals surface area contributed by atoms with E-state index in [1.54, 1.807) is 26.2 Å². The summed E-state index contributed by atoms with van der Waals surface area (Å²) in [6.45, 7) is 3.94. The minimum atomic E-state index is -1.01. The van der Waals surface area contributed by atoms with Gasteiger partial charge in [0.05, 0.1) is 32.4 Å². The topological polar surface area (TPSA) is 57.5 Å². The van der Waals surface area contributed by atoms with Crippen LogP contribution in [-0.2, 0) is 9.47 Å². The Kier molecular flexibility index (Phi) is 6.62. The van der Waals surface area contributed by atoms with Gasteiger partial charge in [-0.3, -0.25) is 0 Å². The second-order valence-corrected chi connectivity index (χ2v) is 8.01. The van der Waals surface area contributed by atoms with Crippen LogP contribution in [0.4, 0.5) is 0 Å². The molecule has 0 radical (unpaired) electrons. The number of benzene rings is 2. The molecule has 0 saturated carbocycles. The van der Waals surface area contributed by atoms with Crippen LogP contribution in [0.2, 0.25) is 0 Å². The molecule has 1 heterocycles. The zero-order valence-corrected chi connectivity index (χ0v) is 16.8. The normalized spacial score (nSPS) is 10.7. The summed E-state index contributed by atoms with van der Waals surface area (Å²) in [6.07, 6.45) is 3.38. The molecule has 5 nitrogen and oxygen atoms in total. The first-order valence-electron chi connectivity index (χ1n) is 9.12. The lowest BCUT2D eigenvalue weighted by Crippen LogP contribution is -2.16. The number of nitrogens with zero attached hydrogens (tertiary/aromatic N) is 1.